The van der Waals surface area contributed by atoms with Gasteiger partial charge in [0.15, 0.2) is 0 Å². The second kappa shape index (κ2) is 7.99. The van der Waals surface area contributed by atoms with Crippen LogP contribution in [0.3, 0.4) is 0 Å². The number of hydrogen-bond donors (Lipinski definition) is 2. The number of anilines is 1. The van der Waals surface area contributed by atoms with E-state index in [1.165, 1.54) is 6.08 Å². The molecule has 0 bridgehead atoms. The van der Waals surface area contributed by atoms with Crippen LogP contribution in [0.5, 0.6) is 0 Å². The average molecular weight is 264 g/mol. The third-order valence-electron chi connectivity index (χ3n) is 2.26. The van der Waals surface area contributed by atoms with E-state index in [0.717, 1.165) is 24.9 Å². The highest BCUT2D eigenvalue weighted by molar-refractivity contribution is 6.38. The van der Waals surface area contributed by atoms with Gasteiger partial charge in [-0.15, -0.1) is 0 Å². The molecular formula is C13H16N2O4. The van der Waals surface area contributed by atoms with Gasteiger partial charge in [-0.05, 0) is 36.3 Å². The summed E-state index contributed by atoms with van der Waals surface area (Å²) < 4.78 is 4.92. The lowest BCUT2D eigenvalue weighted by atomic mass is 10.2. The van der Waals surface area contributed by atoms with E-state index in [1.54, 1.807) is 25.4 Å². The number of ether oxygens (including phenoxy) is 1. The Labute approximate surface area is 111 Å². The standard InChI is InChI=1S/C13H16N2O4/c1-19-8-2-7-14-12-6-4-10(9-15-12)3-5-11(16)13(17)18/h3-6,9H,2,7-8H2,1H3,(H,14,15)(H,17,18)/b5-3+. The largest absolute Gasteiger partial charge is 0.475 e. The summed E-state index contributed by atoms with van der Waals surface area (Å²) in [6, 6.07) is 3.51. The second-order valence-electron chi connectivity index (χ2n) is 3.75. The van der Waals surface area contributed by atoms with Gasteiger partial charge in [0.1, 0.15) is 5.82 Å². The minimum Gasteiger partial charge on any atom is -0.475 e. The molecule has 0 aromatic carbocycles. The summed E-state index contributed by atoms with van der Waals surface area (Å²) in [5.41, 5.74) is 0.664. The van der Waals surface area contributed by atoms with Crippen molar-refractivity contribution in [1.29, 1.82) is 0 Å². The van der Waals surface area contributed by atoms with Crippen molar-refractivity contribution in [3.05, 3.63) is 30.0 Å². The normalized spacial score (nSPS) is 10.6. The van der Waals surface area contributed by atoms with E-state index in [9.17, 15) is 9.59 Å². The number of rotatable bonds is 8. The first-order valence-electron chi connectivity index (χ1n) is 5.77. The predicted molar refractivity (Wildman–Crippen MR) is 70.9 cm³/mol. The van der Waals surface area contributed by atoms with E-state index in [0.29, 0.717) is 12.2 Å². The van der Waals surface area contributed by atoms with Gasteiger partial charge in [0.25, 0.3) is 5.78 Å². The van der Waals surface area contributed by atoms with Gasteiger partial charge in [-0.25, -0.2) is 9.78 Å². The Morgan fingerprint density at radius 2 is 2.26 bits per heavy atom. The molecule has 0 amide bonds. The van der Waals surface area contributed by atoms with Gasteiger partial charge >= 0.3 is 5.97 Å². The molecule has 0 fully saturated rings. The van der Waals surface area contributed by atoms with E-state index in [-0.39, 0.29) is 0 Å². The van der Waals surface area contributed by atoms with Gasteiger partial charge in [0.2, 0.25) is 0 Å². The van der Waals surface area contributed by atoms with Gasteiger partial charge < -0.3 is 15.2 Å². The smallest absolute Gasteiger partial charge is 0.376 e. The van der Waals surface area contributed by atoms with Crippen molar-refractivity contribution in [2.45, 2.75) is 6.42 Å². The summed E-state index contributed by atoms with van der Waals surface area (Å²) in [6.45, 7) is 1.44. The number of carbonyl (C=O) groups is 2. The topological polar surface area (TPSA) is 88.5 Å². The number of aliphatic carboxylic acids is 1. The van der Waals surface area contributed by atoms with Crippen LogP contribution in [-0.2, 0) is 14.3 Å². The number of methoxy groups -OCH3 is 1. The minimum atomic E-state index is -1.47. The molecule has 1 aromatic rings. The lowest BCUT2D eigenvalue weighted by molar-refractivity contribution is -0.146. The maximum Gasteiger partial charge on any atom is 0.376 e. The monoisotopic (exact) mass is 264 g/mol. The molecule has 0 aliphatic rings. The molecule has 0 radical (unpaired) electrons. The number of ketones is 1. The molecule has 1 aromatic heterocycles. The summed E-state index contributed by atoms with van der Waals surface area (Å²) in [5.74, 6) is -1.71. The number of carboxylic acids is 1. The first-order chi connectivity index (χ1) is 9.13. The Morgan fingerprint density at radius 1 is 1.47 bits per heavy atom. The summed E-state index contributed by atoms with van der Waals surface area (Å²) in [5, 5.41) is 11.5. The third-order valence-corrected chi connectivity index (χ3v) is 2.26. The highest BCUT2D eigenvalue weighted by Gasteiger charge is 2.05. The fourth-order valence-electron chi connectivity index (χ4n) is 1.28. The Morgan fingerprint density at radius 3 is 2.84 bits per heavy atom. The van der Waals surface area contributed by atoms with Gasteiger partial charge in [0.05, 0.1) is 0 Å². The summed E-state index contributed by atoms with van der Waals surface area (Å²) in [7, 11) is 1.65. The Bertz CT molecular complexity index is 454. The molecule has 0 atom stereocenters. The van der Waals surface area contributed by atoms with Crippen LogP contribution >= 0.6 is 0 Å². The fraction of sp³-hybridized carbons (Fsp3) is 0.308. The number of aromatic nitrogens is 1. The number of hydrogen-bond acceptors (Lipinski definition) is 5. The zero-order valence-electron chi connectivity index (χ0n) is 10.6. The molecule has 0 aliphatic carbocycles. The average Bonchev–Trinajstić information content (AvgIpc) is 2.42. The minimum absolute atomic E-state index is 0.664. The number of pyridine rings is 1. The van der Waals surface area contributed by atoms with E-state index in [1.807, 2.05) is 0 Å². The predicted octanol–water partition coefficient (Wildman–Crippen LogP) is 1.20. The van der Waals surface area contributed by atoms with Gasteiger partial charge in [-0.1, -0.05) is 0 Å². The molecule has 1 heterocycles. The SMILES string of the molecule is COCCCNc1ccc(/C=C/C(=O)C(=O)O)cn1. The third kappa shape index (κ3) is 5.78. The van der Waals surface area contributed by atoms with Crippen molar-refractivity contribution in [2.24, 2.45) is 0 Å². The molecule has 0 unspecified atom stereocenters. The van der Waals surface area contributed by atoms with Crippen LogP contribution in [0, 0.1) is 0 Å². The van der Waals surface area contributed by atoms with E-state index in [4.69, 9.17) is 9.84 Å². The van der Waals surface area contributed by atoms with Crippen LogP contribution in [0.25, 0.3) is 6.08 Å². The first kappa shape index (κ1) is 14.8. The molecule has 2 N–H and O–H groups in total. The van der Waals surface area contributed by atoms with Crippen molar-refractivity contribution >= 4 is 23.6 Å². The van der Waals surface area contributed by atoms with Crippen molar-refractivity contribution in [2.75, 3.05) is 25.6 Å². The molecular weight excluding hydrogens is 248 g/mol. The van der Waals surface area contributed by atoms with Crippen LogP contribution in [0.2, 0.25) is 0 Å². The fourth-order valence-corrected chi connectivity index (χ4v) is 1.28. The Hall–Kier alpha value is -2.21. The van der Waals surface area contributed by atoms with E-state index < -0.39 is 11.8 Å². The summed E-state index contributed by atoms with van der Waals surface area (Å²) in [6.07, 6.45) is 4.86. The summed E-state index contributed by atoms with van der Waals surface area (Å²) >= 11 is 0. The maximum atomic E-state index is 10.9. The van der Waals surface area contributed by atoms with Crippen LogP contribution in [0.1, 0.15) is 12.0 Å². The molecule has 6 nitrogen and oxygen atoms in total. The van der Waals surface area contributed by atoms with Gasteiger partial charge in [-0.3, -0.25) is 4.79 Å². The van der Waals surface area contributed by atoms with E-state index >= 15 is 0 Å². The van der Waals surface area contributed by atoms with Crippen molar-refractivity contribution in [3.8, 4) is 0 Å². The molecule has 0 saturated heterocycles. The zero-order valence-corrected chi connectivity index (χ0v) is 10.6. The number of carboxylic acid groups (broad SMARTS) is 1. The van der Waals surface area contributed by atoms with Crippen molar-refractivity contribution in [3.63, 3.8) is 0 Å². The molecule has 1 rings (SSSR count). The molecule has 102 valence electrons. The number of nitrogens with one attached hydrogen (secondary N) is 1. The Balaban J connectivity index is 2.47. The molecule has 19 heavy (non-hydrogen) atoms. The highest BCUT2D eigenvalue weighted by atomic mass is 16.5. The Kier molecular flexibility index (Phi) is 6.25. The quantitative estimate of drug-likeness (QED) is 0.416. The summed E-state index contributed by atoms with van der Waals surface area (Å²) in [4.78, 5) is 25.3. The van der Waals surface area contributed by atoms with Crippen molar-refractivity contribution < 1.29 is 19.4 Å². The van der Waals surface area contributed by atoms with E-state index in [2.05, 4.69) is 10.3 Å². The van der Waals surface area contributed by atoms with Gasteiger partial charge in [0, 0.05) is 26.5 Å². The molecule has 6 heteroatoms. The first-order valence-corrected chi connectivity index (χ1v) is 5.77. The van der Waals surface area contributed by atoms with Gasteiger partial charge in [-0.2, -0.15) is 0 Å². The number of carbonyl (C=O) groups excluding carboxylic acids is 1. The molecule has 0 saturated carbocycles. The van der Waals surface area contributed by atoms with Crippen LogP contribution < -0.4 is 5.32 Å². The van der Waals surface area contributed by atoms with Crippen LogP contribution in [-0.4, -0.2) is 42.1 Å². The number of nitrogens with zero attached hydrogens (tertiary/aromatic N) is 1. The maximum absolute atomic E-state index is 10.9. The van der Waals surface area contributed by atoms with Crippen molar-refractivity contribution in [1.82, 2.24) is 4.98 Å². The highest BCUT2D eigenvalue weighted by Crippen LogP contribution is 2.06. The van der Waals surface area contributed by atoms with Crippen LogP contribution in [0.15, 0.2) is 24.4 Å². The molecule has 0 aliphatic heterocycles. The lowest BCUT2D eigenvalue weighted by Crippen LogP contribution is -2.08. The zero-order chi connectivity index (χ0) is 14.1. The molecule has 0 spiro atoms. The second-order valence-corrected chi connectivity index (χ2v) is 3.75. The van der Waals surface area contributed by atoms with Crippen LogP contribution in [0.4, 0.5) is 5.82 Å². The lowest BCUT2D eigenvalue weighted by Gasteiger charge is -2.04.